The molecule has 0 aromatic heterocycles. The lowest BCUT2D eigenvalue weighted by Crippen LogP contribution is -2.12. The van der Waals surface area contributed by atoms with Crippen LogP contribution in [0.3, 0.4) is 0 Å². The molecule has 0 fully saturated rings. The molecule has 0 radical (unpaired) electrons. The van der Waals surface area contributed by atoms with Gasteiger partial charge in [0.25, 0.3) is 5.91 Å². The van der Waals surface area contributed by atoms with Crippen molar-refractivity contribution < 1.29 is 14.3 Å². The molecule has 5 heteroatoms. The van der Waals surface area contributed by atoms with Crippen molar-refractivity contribution in [1.29, 1.82) is 5.26 Å². The van der Waals surface area contributed by atoms with E-state index in [0.29, 0.717) is 22.4 Å². The second-order valence-corrected chi connectivity index (χ2v) is 4.59. The normalized spacial score (nSPS) is 10.1. The van der Waals surface area contributed by atoms with E-state index in [1.54, 1.807) is 48.5 Å². The number of methoxy groups -OCH3 is 1. The fourth-order valence-electron chi connectivity index (χ4n) is 1.91. The van der Waals surface area contributed by atoms with Gasteiger partial charge in [-0.1, -0.05) is 24.3 Å². The molecule has 2 rings (SSSR count). The molecule has 0 saturated heterocycles. The van der Waals surface area contributed by atoms with Gasteiger partial charge in [0.1, 0.15) is 0 Å². The number of nitriles is 1. The number of carbonyl (C=O) groups excluding carboxylic acids is 2. The number of ether oxygens (including phenoxy) is 1. The summed E-state index contributed by atoms with van der Waals surface area (Å²) in [5.41, 5.74) is 2.02. The van der Waals surface area contributed by atoms with Gasteiger partial charge in [0.15, 0.2) is 0 Å². The van der Waals surface area contributed by atoms with E-state index in [0.717, 1.165) is 0 Å². The molecule has 23 heavy (non-hydrogen) atoms. The molecule has 2 aromatic rings. The molecule has 0 bridgehead atoms. The maximum Gasteiger partial charge on any atom is 0.330 e. The minimum absolute atomic E-state index is 0.332. The van der Waals surface area contributed by atoms with Crippen LogP contribution in [0.2, 0.25) is 0 Å². The highest BCUT2D eigenvalue weighted by Gasteiger charge is 2.08. The zero-order valence-electron chi connectivity index (χ0n) is 12.4. The molecule has 0 unspecified atom stereocenters. The van der Waals surface area contributed by atoms with Crippen molar-refractivity contribution >= 4 is 23.6 Å². The molecule has 0 aliphatic carbocycles. The summed E-state index contributed by atoms with van der Waals surface area (Å²) in [7, 11) is 1.29. The van der Waals surface area contributed by atoms with Crippen molar-refractivity contribution in [3.8, 4) is 6.07 Å². The van der Waals surface area contributed by atoms with Gasteiger partial charge in [-0.15, -0.1) is 0 Å². The van der Waals surface area contributed by atoms with E-state index in [-0.39, 0.29) is 5.91 Å². The minimum Gasteiger partial charge on any atom is -0.466 e. The Morgan fingerprint density at radius 3 is 2.70 bits per heavy atom. The van der Waals surface area contributed by atoms with Crippen LogP contribution in [0.4, 0.5) is 5.69 Å². The Hall–Kier alpha value is -3.39. The molecule has 1 amide bonds. The molecule has 0 spiro atoms. The number of esters is 1. The zero-order valence-corrected chi connectivity index (χ0v) is 12.4. The quantitative estimate of drug-likeness (QED) is 0.695. The minimum atomic E-state index is -0.479. The van der Waals surface area contributed by atoms with E-state index in [9.17, 15) is 9.59 Å². The predicted molar refractivity (Wildman–Crippen MR) is 86.6 cm³/mol. The largest absolute Gasteiger partial charge is 0.466 e. The van der Waals surface area contributed by atoms with Crippen molar-refractivity contribution in [1.82, 2.24) is 0 Å². The van der Waals surface area contributed by atoms with Gasteiger partial charge in [0.2, 0.25) is 0 Å². The van der Waals surface area contributed by atoms with Crippen molar-refractivity contribution in [3.05, 3.63) is 71.3 Å². The number of nitrogens with zero attached hydrogens (tertiary/aromatic N) is 1. The van der Waals surface area contributed by atoms with Crippen LogP contribution in [0, 0.1) is 11.3 Å². The first-order valence-corrected chi connectivity index (χ1v) is 6.80. The first-order chi connectivity index (χ1) is 11.1. The number of nitrogens with one attached hydrogen (secondary N) is 1. The Morgan fingerprint density at radius 1 is 1.17 bits per heavy atom. The molecule has 0 aliphatic heterocycles. The Balaban J connectivity index is 2.23. The number of benzene rings is 2. The fraction of sp³-hybridized carbons (Fsp3) is 0.0556. The number of amides is 1. The lowest BCUT2D eigenvalue weighted by Gasteiger charge is -2.08. The van der Waals surface area contributed by atoms with Crippen LogP contribution in [0.5, 0.6) is 0 Å². The van der Waals surface area contributed by atoms with Crippen LogP contribution in [0.15, 0.2) is 54.6 Å². The van der Waals surface area contributed by atoms with Crippen molar-refractivity contribution in [2.24, 2.45) is 0 Å². The van der Waals surface area contributed by atoms with Crippen molar-refractivity contribution in [2.75, 3.05) is 12.4 Å². The lowest BCUT2D eigenvalue weighted by atomic mass is 10.1. The number of hydrogen-bond acceptors (Lipinski definition) is 4. The number of hydrogen-bond donors (Lipinski definition) is 1. The molecule has 0 saturated carbocycles. The Kier molecular flexibility index (Phi) is 5.26. The monoisotopic (exact) mass is 306 g/mol. The second-order valence-electron chi connectivity index (χ2n) is 4.59. The highest BCUT2D eigenvalue weighted by Crippen LogP contribution is 2.18. The average molecular weight is 306 g/mol. The van der Waals surface area contributed by atoms with Crippen LogP contribution in [-0.4, -0.2) is 19.0 Å². The van der Waals surface area contributed by atoms with Gasteiger partial charge >= 0.3 is 5.97 Å². The standard InChI is InChI=1S/C18H14N2O3/c1-23-17(21)10-9-14-6-2-3-8-16(14)20-18(22)15-7-4-5-13(11-15)12-19/h2-11H,1H3,(H,20,22). The van der Waals surface area contributed by atoms with Gasteiger partial charge in [-0.3, -0.25) is 4.79 Å². The third-order valence-electron chi connectivity index (χ3n) is 3.06. The predicted octanol–water partition coefficient (Wildman–Crippen LogP) is 3.00. The molecule has 0 aliphatic rings. The highest BCUT2D eigenvalue weighted by atomic mass is 16.5. The Bertz CT molecular complexity index is 804. The van der Waals surface area contributed by atoms with Gasteiger partial charge in [0, 0.05) is 17.3 Å². The molecular weight excluding hydrogens is 292 g/mol. The number of anilines is 1. The molecule has 0 atom stereocenters. The van der Waals surface area contributed by atoms with E-state index >= 15 is 0 Å². The summed E-state index contributed by atoms with van der Waals surface area (Å²) in [6.45, 7) is 0. The molecule has 114 valence electrons. The summed E-state index contributed by atoms with van der Waals surface area (Å²) >= 11 is 0. The number of rotatable bonds is 4. The number of para-hydroxylation sites is 1. The van der Waals surface area contributed by atoms with Crippen molar-refractivity contribution in [2.45, 2.75) is 0 Å². The third-order valence-corrected chi connectivity index (χ3v) is 3.06. The first-order valence-electron chi connectivity index (χ1n) is 6.80. The van der Waals surface area contributed by atoms with Crippen LogP contribution in [0.1, 0.15) is 21.5 Å². The second kappa shape index (κ2) is 7.57. The van der Waals surface area contributed by atoms with Crippen LogP contribution in [-0.2, 0) is 9.53 Å². The molecular formula is C18H14N2O3. The summed E-state index contributed by atoms with van der Waals surface area (Å²) in [5, 5.41) is 11.7. The van der Waals surface area contributed by atoms with Gasteiger partial charge in [-0.2, -0.15) is 5.26 Å². The Morgan fingerprint density at radius 2 is 1.96 bits per heavy atom. The zero-order chi connectivity index (χ0) is 16.7. The lowest BCUT2D eigenvalue weighted by molar-refractivity contribution is -0.134. The summed E-state index contributed by atoms with van der Waals surface area (Å²) in [6, 6.07) is 15.5. The fourth-order valence-corrected chi connectivity index (χ4v) is 1.91. The highest BCUT2D eigenvalue weighted by molar-refractivity contribution is 6.05. The van der Waals surface area contributed by atoms with Crippen LogP contribution < -0.4 is 5.32 Å². The SMILES string of the molecule is COC(=O)C=Cc1ccccc1NC(=O)c1cccc(C#N)c1. The van der Waals surface area contributed by atoms with Crippen LogP contribution in [0.25, 0.3) is 6.08 Å². The molecule has 5 nitrogen and oxygen atoms in total. The van der Waals surface area contributed by atoms with Gasteiger partial charge in [-0.25, -0.2) is 4.79 Å². The smallest absolute Gasteiger partial charge is 0.330 e. The van der Waals surface area contributed by atoms with Gasteiger partial charge < -0.3 is 10.1 Å². The topological polar surface area (TPSA) is 79.2 Å². The van der Waals surface area contributed by atoms with E-state index in [1.165, 1.54) is 19.3 Å². The summed E-state index contributed by atoms with van der Waals surface area (Å²) < 4.78 is 4.54. The third kappa shape index (κ3) is 4.29. The molecule has 0 heterocycles. The van der Waals surface area contributed by atoms with E-state index in [2.05, 4.69) is 10.1 Å². The average Bonchev–Trinajstić information content (AvgIpc) is 2.60. The summed E-state index contributed by atoms with van der Waals surface area (Å²) in [5.74, 6) is -0.811. The molecule has 2 aromatic carbocycles. The van der Waals surface area contributed by atoms with Crippen molar-refractivity contribution in [3.63, 3.8) is 0 Å². The maximum atomic E-state index is 12.3. The van der Waals surface area contributed by atoms with Gasteiger partial charge in [-0.05, 0) is 35.9 Å². The first kappa shape index (κ1) is 16.0. The van der Waals surface area contributed by atoms with Gasteiger partial charge in [0.05, 0.1) is 18.7 Å². The van der Waals surface area contributed by atoms with E-state index in [4.69, 9.17) is 5.26 Å². The number of carbonyl (C=O) groups is 2. The summed E-state index contributed by atoms with van der Waals surface area (Å²) in [6.07, 6.45) is 2.84. The molecule has 1 N–H and O–H groups in total. The van der Waals surface area contributed by atoms with E-state index < -0.39 is 5.97 Å². The summed E-state index contributed by atoms with van der Waals surface area (Å²) in [4.78, 5) is 23.5. The maximum absolute atomic E-state index is 12.3. The van der Waals surface area contributed by atoms with Crippen LogP contribution >= 0.6 is 0 Å². The van der Waals surface area contributed by atoms with E-state index in [1.807, 2.05) is 6.07 Å². The Labute approximate surface area is 133 Å².